The molecule has 4 aromatic rings. The van der Waals surface area contributed by atoms with Crippen LogP contribution in [0.15, 0.2) is 72.4 Å². The highest BCUT2D eigenvalue weighted by Crippen LogP contribution is 2.26. The van der Waals surface area contributed by atoms with Crippen LogP contribution in [0.1, 0.15) is 5.69 Å². The summed E-state index contributed by atoms with van der Waals surface area (Å²) in [5.41, 5.74) is 4.15. The lowest BCUT2D eigenvalue weighted by Crippen LogP contribution is -2.05. The highest BCUT2D eigenvalue weighted by molar-refractivity contribution is 7.13. The summed E-state index contributed by atoms with van der Waals surface area (Å²) in [6.45, 7) is 0.658. The third-order valence-electron chi connectivity index (χ3n) is 4.00. The fourth-order valence-electron chi connectivity index (χ4n) is 2.67. The summed E-state index contributed by atoms with van der Waals surface area (Å²) in [5.74, 6) is 0.849. The van der Waals surface area contributed by atoms with Crippen LogP contribution in [0.2, 0.25) is 0 Å². The molecule has 130 valence electrons. The van der Waals surface area contributed by atoms with E-state index in [0.717, 1.165) is 33.4 Å². The summed E-state index contributed by atoms with van der Waals surface area (Å²) in [6, 6.07) is 18.0. The molecule has 0 fully saturated rings. The van der Waals surface area contributed by atoms with Gasteiger partial charge in [0, 0.05) is 23.3 Å². The number of methoxy groups -OCH3 is 1. The maximum atomic E-state index is 5.21. The van der Waals surface area contributed by atoms with Crippen LogP contribution in [0.5, 0.6) is 5.75 Å². The molecule has 0 saturated carbocycles. The number of aromatic nitrogens is 3. The van der Waals surface area contributed by atoms with Gasteiger partial charge in [-0.05, 0) is 42.5 Å². The van der Waals surface area contributed by atoms with E-state index in [1.807, 2.05) is 65.5 Å². The maximum Gasteiger partial charge on any atom is 0.123 e. The van der Waals surface area contributed by atoms with Gasteiger partial charge >= 0.3 is 0 Å². The third-order valence-corrected chi connectivity index (χ3v) is 4.94. The first kappa shape index (κ1) is 16.4. The molecule has 0 aliphatic heterocycles. The monoisotopic (exact) mass is 362 g/mol. The van der Waals surface area contributed by atoms with Crippen molar-refractivity contribution in [2.24, 2.45) is 0 Å². The number of thiazole rings is 1. The molecule has 0 bridgehead atoms. The Bertz CT molecular complexity index is 977. The Morgan fingerprint density at radius 1 is 1.08 bits per heavy atom. The van der Waals surface area contributed by atoms with Crippen molar-refractivity contribution in [3.8, 4) is 22.0 Å². The molecular weight excluding hydrogens is 344 g/mol. The smallest absolute Gasteiger partial charge is 0.123 e. The number of para-hydroxylation sites is 2. The van der Waals surface area contributed by atoms with Gasteiger partial charge in [0.15, 0.2) is 0 Å². The van der Waals surface area contributed by atoms with Crippen molar-refractivity contribution in [2.45, 2.75) is 6.54 Å². The van der Waals surface area contributed by atoms with E-state index < -0.39 is 0 Å². The number of benzene rings is 2. The summed E-state index contributed by atoms with van der Waals surface area (Å²) in [6.07, 6.45) is 3.71. The van der Waals surface area contributed by atoms with Crippen LogP contribution in [0.25, 0.3) is 16.3 Å². The number of anilines is 1. The van der Waals surface area contributed by atoms with Gasteiger partial charge < -0.3 is 10.1 Å². The van der Waals surface area contributed by atoms with Crippen LogP contribution in [0.3, 0.4) is 0 Å². The zero-order valence-electron chi connectivity index (χ0n) is 14.3. The standard InChI is InChI=1S/C20H18N4OS/c1-25-17-9-7-15(8-10-17)20-23-16(14-26-20)13-21-18-5-2-3-6-19(18)24-12-4-11-22-24/h2-12,14,21H,13H2,1H3. The van der Waals surface area contributed by atoms with Crippen LogP contribution < -0.4 is 10.1 Å². The van der Waals surface area contributed by atoms with Gasteiger partial charge in [0.25, 0.3) is 0 Å². The Kier molecular flexibility index (Phi) is 4.66. The van der Waals surface area contributed by atoms with Crippen LogP contribution in [-0.4, -0.2) is 21.9 Å². The highest BCUT2D eigenvalue weighted by atomic mass is 32.1. The first-order valence-corrected chi connectivity index (χ1v) is 9.13. The summed E-state index contributed by atoms with van der Waals surface area (Å²) in [4.78, 5) is 4.74. The second-order valence-electron chi connectivity index (χ2n) is 5.69. The Labute approximate surface area is 155 Å². The molecule has 2 heterocycles. The minimum absolute atomic E-state index is 0.658. The number of nitrogens with zero attached hydrogens (tertiary/aromatic N) is 3. The highest BCUT2D eigenvalue weighted by Gasteiger charge is 2.07. The normalized spacial score (nSPS) is 10.7. The SMILES string of the molecule is COc1ccc(-c2nc(CNc3ccccc3-n3cccn3)cs2)cc1. The molecule has 0 amide bonds. The molecular formula is C20H18N4OS. The zero-order valence-corrected chi connectivity index (χ0v) is 15.1. The number of ether oxygens (including phenoxy) is 1. The fourth-order valence-corrected chi connectivity index (χ4v) is 3.50. The minimum Gasteiger partial charge on any atom is -0.497 e. The lowest BCUT2D eigenvalue weighted by Gasteiger charge is -2.11. The van der Waals surface area contributed by atoms with E-state index in [2.05, 4.69) is 15.8 Å². The molecule has 0 atom stereocenters. The Balaban J connectivity index is 1.49. The molecule has 2 aromatic heterocycles. The summed E-state index contributed by atoms with van der Waals surface area (Å²) in [7, 11) is 1.67. The number of nitrogens with one attached hydrogen (secondary N) is 1. The molecule has 5 nitrogen and oxygen atoms in total. The van der Waals surface area contributed by atoms with Crippen molar-refractivity contribution < 1.29 is 4.74 Å². The van der Waals surface area contributed by atoms with Crippen LogP contribution in [0.4, 0.5) is 5.69 Å². The van der Waals surface area contributed by atoms with Crippen molar-refractivity contribution >= 4 is 17.0 Å². The lowest BCUT2D eigenvalue weighted by molar-refractivity contribution is 0.415. The summed E-state index contributed by atoms with van der Waals surface area (Å²) < 4.78 is 7.06. The van der Waals surface area contributed by atoms with Crippen molar-refractivity contribution in [3.63, 3.8) is 0 Å². The minimum atomic E-state index is 0.658. The molecule has 0 aliphatic carbocycles. The quantitative estimate of drug-likeness (QED) is 0.544. The van der Waals surface area contributed by atoms with E-state index >= 15 is 0 Å². The molecule has 26 heavy (non-hydrogen) atoms. The molecule has 2 aromatic carbocycles. The molecule has 0 aliphatic rings. The first-order valence-electron chi connectivity index (χ1n) is 8.25. The van der Waals surface area contributed by atoms with Gasteiger partial charge in [-0.3, -0.25) is 0 Å². The van der Waals surface area contributed by atoms with Crippen LogP contribution in [-0.2, 0) is 6.54 Å². The predicted octanol–water partition coefficient (Wildman–Crippen LogP) is 4.62. The molecule has 1 N–H and O–H groups in total. The van der Waals surface area contributed by atoms with Crippen molar-refractivity contribution in [1.82, 2.24) is 14.8 Å². The van der Waals surface area contributed by atoms with Gasteiger partial charge in [-0.1, -0.05) is 12.1 Å². The second-order valence-corrected chi connectivity index (χ2v) is 6.55. The van der Waals surface area contributed by atoms with E-state index in [1.165, 1.54) is 0 Å². The van der Waals surface area contributed by atoms with E-state index in [4.69, 9.17) is 9.72 Å². The van der Waals surface area contributed by atoms with Crippen molar-refractivity contribution in [2.75, 3.05) is 12.4 Å². The number of hydrogen-bond acceptors (Lipinski definition) is 5. The number of rotatable bonds is 6. The van der Waals surface area contributed by atoms with E-state index in [-0.39, 0.29) is 0 Å². The second kappa shape index (κ2) is 7.41. The summed E-state index contributed by atoms with van der Waals surface area (Å²) >= 11 is 1.64. The van der Waals surface area contributed by atoms with Gasteiger partial charge in [0.2, 0.25) is 0 Å². The maximum absolute atomic E-state index is 5.21. The average molecular weight is 362 g/mol. The van der Waals surface area contributed by atoms with Gasteiger partial charge in [-0.15, -0.1) is 11.3 Å². The Hall–Kier alpha value is -3.12. The summed E-state index contributed by atoms with van der Waals surface area (Å²) in [5, 5.41) is 10.9. The Morgan fingerprint density at radius 3 is 2.69 bits per heavy atom. The predicted molar refractivity (Wildman–Crippen MR) is 105 cm³/mol. The zero-order chi connectivity index (χ0) is 17.8. The van der Waals surface area contributed by atoms with E-state index in [0.29, 0.717) is 6.54 Å². The topological polar surface area (TPSA) is 52.0 Å². The number of hydrogen-bond donors (Lipinski definition) is 1. The van der Waals surface area contributed by atoms with Crippen LogP contribution in [0, 0.1) is 0 Å². The van der Waals surface area contributed by atoms with Gasteiger partial charge in [-0.2, -0.15) is 5.10 Å². The molecule has 0 radical (unpaired) electrons. The van der Waals surface area contributed by atoms with Gasteiger partial charge in [-0.25, -0.2) is 9.67 Å². The van der Waals surface area contributed by atoms with Crippen molar-refractivity contribution in [3.05, 3.63) is 78.1 Å². The average Bonchev–Trinajstić information content (AvgIpc) is 3.39. The molecule has 0 spiro atoms. The van der Waals surface area contributed by atoms with Crippen LogP contribution >= 0.6 is 11.3 Å². The van der Waals surface area contributed by atoms with Gasteiger partial charge in [0.05, 0.1) is 30.7 Å². The molecule has 0 unspecified atom stereocenters. The van der Waals surface area contributed by atoms with Crippen molar-refractivity contribution in [1.29, 1.82) is 0 Å². The Morgan fingerprint density at radius 2 is 1.92 bits per heavy atom. The van der Waals surface area contributed by atoms with E-state index in [9.17, 15) is 0 Å². The lowest BCUT2D eigenvalue weighted by atomic mass is 10.2. The first-order chi connectivity index (χ1) is 12.8. The largest absolute Gasteiger partial charge is 0.497 e. The molecule has 0 saturated heterocycles. The van der Waals surface area contributed by atoms with E-state index in [1.54, 1.807) is 24.6 Å². The fraction of sp³-hybridized carbons (Fsp3) is 0.100. The molecule has 6 heteroatoms. The molecule has 4 rings (SSSR count). The third kappa shape index (κ3) is 3.45. The van der Waals surface area contributed by atoms with Gasteiger partial charge in [0.1, 0.15) is 10.8 Å².